The van der Waals surface area contributed by atoms with Crippen molar-refractivity contribution in [1.29, 1.82) is 0 Å². The fraction of sp³-hybridized carbons (Fsp3) is 0.167. The van der Waals surface area contributed by atoms with Crippen LogP contribution in [0.25, 0.3) is 0 Å². The molecule has 0 atom stereocenters. The Labute approximate surface area is 102 Å². The molecule has 0 amide bonds. The first-order valence-corrected chi connectivity index (χ1v) is 6.45. The van der Waals surface area contributed by atoms with Crippen LogP contribution in [0.5, 0.6) is 0 Å². The number of thiophene rings is 1. The van der Waals surface area contributed by atoms with E-state index in [1.54, 1.807) is 11.3 Å². The molecule has 0 aliphatic rings. The van der Waals surface area contributed by atoms with Gasteiger partial charge in [-0.25, -0.2) is 0 Å². The average Bonchev–Trinajstić information content (AvgIpc) is 2.63. The number of hydrogen-bond donors (Lipinski definition) is 1. The van der Waals surface area contributed by atoms with Crippen LogP contribution in [0.2, 0.25) is 0 Å². The van der Waals surface area contributed by atoms with Gasteiger partial charge in [-0.2, -0.15) is 0 Å². The summed E-state index contributed by atoms with van der Waals surface area (Å²) in [5.74, 6) is 0. The third kappa shape index (κ3) is 2.83. The van der Waals surface area contributed by atoms with E-state index < -0.39 is 0 Å². The van der Waals surface area contributed by atoms with Crippen LogP contribution in [-0.2, 0) is 6.54 Å². The lowest BCUT2D eigenvalue weighted by Gasteiger charge is -2.05. The van der Waals surface area contributed by atoms with Crippen LogP contribution in [0.15, 0.2) is 40.2 Å². The molecule has 0 bridgehead atoms. The van der Waals surface area contributed by atoms with Crippen molar-refractivity contribution in [2.24, 2.45) is 0 Å². The van der Waals surface area contributed by atoms with E-state index in [-0.39, 0.29) is 0 Å². The van der Waals surface area contributed by atoms with Gasteiger partial charge in [0, 0.05) is 15.0 Å². The summed E-state index contributed by atoms with van der Waals surface area (Å²) in [5, 5.41) is 5.49. The number of aryl methyl sites for hydroxylation is 1. The lowest BCUT2D eigenvalue weighted by Crippen LogP contribution is -1.97. The Kier molecular flexibility index (Phi) is 3.44. The summed E-state index contributed by atoms with van der Waals surface area (Å²) >= 11 is 5.28. The molecule has 0 fully saturated rings. The SMILES string of the molecule is Cc1ccc(NCc2sccc2Br)cc1. The number of anilines is 1. The number of benzene rings is 1. The third-order valence-electron chi connectivity index (χ3n) is 2.20. The number of hydrogen-bond acceptors (Lipinski definition) is 2. The van der Waals surface area contributed by atoms with Crippen molar-refractivity contribution in [3.8, 4) is 0 Å². The van der Waals surface area contributed by atoms with Gasteiger partial charge in [-0.05, 0) is 46.4 Å². The normalized spacial score (nSPS) is 10.3. The predicted molar refractivity (Wildman–Crippen MR) is 70.5 cm³/mol. The fourth-order valence-electron chi connectivity index (χ4n) is 1.30. The summed E-state index contributed by atoms with van der Waals surface area (Å²) in [5.41, 5.74) is 2.46. The van der Waals surface area contributed by atoms with E-state index in [1.165, 1.54) is 20.6 Å². The Balaban J connectivity index is 1.99. The average molecular weight is 282 g/mol. The Hall–Kier alpha value is -0.800. The molecule has 3 heteroatoms. The zero-order chi connectivity index (χ0) is 10.7. The third-order valence-corrected chi connectivity index (χ3v) is 4.12. The second kappa shape index (κ2) is 4.81. The van der Waals surface area contributed by atoms with E-state index in [9.17, 15) is 0 Å². The summed E-state index contributed by atoms with van der Waals surface area (Å²) in [6.07, 6.45) is 0. The molecule has 2 rings (SSSR count). The van der Waals surface area contributed by atoms with E-state index in [2.05, 4.69) is 63.9 Å². The van der Waals surface area contributed by atoms with Crippen molar-refractivity contribution < 1.29 is 0 Å². The molecule has 0 aliphatic heterocycles. The van der Waals surface area contributed by atoms with Crippen molar-refractivity contribution in [2.75, 3.05) is 5.32 Å². The zero-order valence-corrected chi connectivity index (χ0v) is 10.9. The molecule has 0 saturated heterocycles. The first-order chi connectivity index (χ1) is 7.25. The Morgan fingerprint density at radius 3 is 2.53 bits per heavy atom. The minimum absolute atomic E-state index is 0.876. The molecule has 1 nitrogen and oxygen atoms in total. The van der Waals surface area contributed by atoms with Crippen molar-refractivity contribution in [2.45, 2.75) is 13.5 Å². The van der Waals surface area contributed by atoms with Crippen molar-refractivity contribution in [3.05, 3.63) is 50.6 Å². The lowest BCUT2D eigenvalue weighted by molar-refractivity contribution is 1.18. The van der Waals surface area contributed by atoms with E-state index in [0.717, 1.165) is 6.54 Å². The van der Waals surface area contributed by atoms with Crippen LogP contribution >= 0.6 is 27.3 Å². The fourth-order valence-corrected chi connectivity index (χ4v) is 2.74. The maximum Gasteiger partial charge on any atom is 0.0505 e. The van der Waals surface area contributed by atoms with Crippen LogP contribution in [0.4, 0.5) is 5.69 Å². The van der Waals surface area contributed by atoms with E-state index in [0.29, 0.717) is 0 Å². The molecule has 0 radical (unpaired) electrons. The molecule has 0 saturated carbocycles. The molecule has 0 aliphatic carbocycles. The second-order valence-corrected chi connectivity index (χ2v) is 5.27. The topological polar surface area (TPSA) is 12.0 Å². The van der Waals surface area contributed by atoms with Gasteiger partial charge in [0.15, 0.2) is 0 Å². The standard InChI is InChI=1S/C12H12BrNS/c1-9-2-4-10(5-3-9)14-8-12-11(13)6-7-15-12/h2-7,14H,8H2,1H3. The highest BCUT2D eigenvalue weighted by molar-refractivity contribution is 9.10. The van der Waals surface area contributed by atoms with Gasteiger partial charge in [0.2, 0.25) is 0 Å². The number of rotatable bonds is 3. The van der Waals surface area contributed by atoms with Gasteiger partial charge in [-0.3, -0.25) is 0 Å². The van der Waals surface area contributed by atoms with Gasteiger partial charge in [-0.15, -0.1) is 11.3 Å². The van der Waals surface area contributed by atoms with Crippen LogP contribution in [0.3, 0.4) is 0 Å². The molecule has 0 spiro atoms. The monoisotopic (exact) mass is 281 g/mol. The summed E-state index contributed by atoms with van der Waals surface area (Å²) in [6, 6.07) is 10.5. The van der Waals surface area contributed by atoms with Crippen LogP contribution in [0.1, 0.15) is 10.4 Å². The molecule has 2 aromatic rings. The van der Waals surface area contributed by atoms with Gasteiger partial charge in [0.25, 0.3) is 0 Å². The van der Waals surface area contributed by atoms with Gasteiger partial charge in [-0.1, -0.05) is 17.7 Å². The zero-order valence-electron chi connectivity index (χ0n) is 8.46. The Morgan fingerprint density at radius 1 is 1.20 bits per heavy atom. The summed E-state index contributed by atoms with van der Waals surface area (Å²) in [6.45, 7) is 2.97. The smallest absolute Gasteiger partial charge is 0.0505 e. The molecular formula is C12H12BrNS. The maximum absolute atomic E-state index is 3.52. The van der Waals surface area contributed by atoms with Gasteiger partial charge in [0.05, 0.1) is 6.54 Å². The first-order valence-electron chi connectivity index (χ1n) is 4.78. The van der Waals surface area contributed by atoms with Gasteiger partial charge < -0.3 is 5.32 Å². The largest absolute Gasteiger partial charge is 0.380 e. The van der Waals surface area contributed by atoms with Crippen LogP contribution in [-0.4, -0.2) is 0 Å². The second-order valence-electron chi connectivity index (χ2n) is 3.41. The molecule has 15 heavy (non-hydrogen) atoms. The molecule has 1 aromatic heterocycles. The number of halogens is 1. The molecule has 1 N–H and O–H groups in total. The highest BCUT2D eigenvalue weighted by atomic mass is 79.9. The van der Waals surface area contributed by atoms with E-state index in [1.807, 2.05) is 0 Å². The van der Waals surface area contributed by atoms with E-state index >= 15 is 0 Å². The molecular weight excluding hydrogens is 270 g/mol. The quantitative estimate of drug-likeness (QED) is 0.878. The first kappa shape index (κ1) is 10.7. The van der Waals surface area contributed by atoms with Crippen molar-refractivity contribution in [3.63, 3.8) is 0 Å². The van der Waals surface area contributed by atoms with Gasteiger partial charge >= 0.3 is 0 Å². The minimum Gasteiger partial charge on any atom is -0.380 e. The number of nitrogens with one attached hydrogen (secondary N) is 1. The molecule has 0 unspecified atom stereocenters. The summed E-state index contributed by atoms with van der Waals surface area (Å²) in [7, 11) is 0. The maximum atomic E-state index is 3.52. The Morgan fingerprint density at radius 2 is 1.93 bits per heavy atom. The van der Waals surface area contributed by atoms with Gasteiger partial charge in [0.1, 0.15) is 0 Å². The lowest BCUT2D eigenvalue weighted by atomic mass is 10.2. The predicted octanol–water partition coefficient (Wildman–Crippen LogP) is 4.43. The van der Waals surface area contributed by atoms with Crippen LogP contribution < -0.4 is 5.32 Å². The Bertz CT molecular complexity index is 433. The highest BCUT2D eigenvalue weighted by Gasteiger charge is 2.00. The molecule has 1 aromatic carbocycles. The molecule has 78 valence electrons. The summed E-state index contributed by atoms with van der Waals surface area (Å²) in [4.78, 5) is 1.33. The highest BCUT2D eigenvalue weighted by Crippen LogP contribution is 2.23. The minimum atomic E-state index is 0.876. The summed E-state index contributed by atoms with van der Waals surface area (Å²) < 4.78 is 1.19. The van der Waals surface area contributed by atoms with Crippen molar-refractivity contribution in [1.82, 2.24) is 0 Å². The van der Waals surface area contributed by atoms with E-state index in [4.69, 9.17) is 0 Å². The molecule has 1 heterocycles. The van der Waals surface area contributed by atoms with Crippen molar-refractivity contribution >= 4 is 33.0 Å². The van der Waals surface area contributed by atoms with Crippen LogP contribution in [0, 0.1) is 6.92 Å².